The topological polar surface area (TPSA) is 0 Å². The van der Waals surface area contributed by atoms with Crippen LogP contribution in [0.3, 0.4) is 0 Å². The van der Waals surface area contributed by atoms with Crippen molar-refractivity contribution in [1.29, 1.82) is 0 Å². The largest absolute Gasteiger partial charge is 0.0613 e. The molecule has 3 fully saturated rings. The Morgan fingerprint density at radius 3 is 1.35 bits per heavy atom. The van der Waals surface area contributed by atoms with Crippen LogP contribution in [0.4, 0.5) is 0 Å². The van der Waals surface area contributed by atoms with Crippen LogP contribution in [0.25, 0.3) is 0 Å². The highest BCUT2D eigenvalue weighted by molar-refractivity contribution is 5.45. The van der Waals surface area contributed by atoms with Gasteiger partial charge in [0.15, 0.2) is 0 Å². The maximum Gasteiger partial charge on any atom is -0.0159 e. The highest BCUT2D eigenvalue weighted by Gasteiger charge is 2.26. The van der Waals surface area contributed by atoms with Crippen molar-refractivity contribution in [3.05, 3.63) is 34.4 Å². The van der Waals surface area contributed by atoms with Gasteiger partial charge in [-0.05, 0) is 85.0 Å². The first-order chi connectivity index (χ1) is 12.9. The average Bonchev–Trinajstić information content (AvgIpc) is 2.74. The van der Waals surface area contributed by atoms with Crippen LogP contribution in [0.15, 0.2) is 12.1 Å². The Labute approximate surface area is 162 Å². The molecule has 3 aliphatic carbocycles. The third-order valence-electron chi connectivity index (χ3n) is 7.86. The molecule has 3 aliphatic rings. The van der Waals surface area contributed by atoms with Gasteiger partial charge < -0.3 is 0 Å². The van der Waals surface area contributed by atoms with Crippen LogP contribution < -0.4 is 0 Å². The summed E-state index contributed by atoms with van der Waals surface area (Å²) in [6.45, 7) is 2.42. The summed E-state index contributed by atoms with van der Waals surface area (Å²) in [5, 5.41) is 0. The molecule has 0 nitrogen and oxygen atoms in total. The van der Waals surface area contributed by atoms with Gasteiger partial charge in [-0.1, -0.05) is 76.8 Å². The molecular weight excluding hydrogens is 312 g/mol. The minimum Gasteiger partial charge on any atom is -0.0613 e. The lowest BCUT2D eigenvalue weighted by molar-refractivity contribution is 0.424. The van der Waals surface area contributed by atoms with Gasteiger partial charge in [0, 0.05) is 0 Å². The first-order valence-electron chi connectivity index (χ1n) is 12.0. The van der Waals surface area contributed by atoms with Crippen LogP contribution in [0, 0.1) is 0 Å². The molecule has 0 N–H and O–H groups in total. The van der Waals surface area contributed by atoms with Crippen molar-refractivity contribution in [1.82, 2.24) is 0 Å². The zero-order chi connectivity index (χ0) is 17.8. The lowest BCUT2D eigenvalue weighted by Gasteiger charge is -2.32. The minimum absolute atomic E-state index is 0.860. The second kappa shape index (κ2) is 8.94. The molecule has 0 unspecified atom stereocenters. The predicted octanol–water partition coefficient (Wildman–Crippen LogP) is 8.39. The van der Waals surface area contributed by atoms with E-state index in [1.807, 2.05) is 0 Å². The monoisotopic (exact) mass is 352 g/mol. The Balaban J connectivity index is 1.73. The molecule has 0 aliphatic heterocycles. The van der Waals surface area contributed by atoms with Gasteiger partial charge >= 0.3 is 0 Å². The van der Waals surface area contributed by atoms with Gasteiger partial charge in [-0.2, -0.15) is 0 Å². The standard InChI is InChI=1S/C26H40/c1-2-24-25(21-14-8-4-9-15-21)18-23(20-12-6-3-7-13-20)19-26(24)22-16-10-5-11-17-22/h18-22H,2-17H2,1H3. The molecule has 0 bridgehead atoms. The Kier molecular flexibility index (Phi) is 6.39. The third kappa shape index (κ3) is 4.05. The highest BCUT2D eigenvalue weighted by atomic mass is 14.3. The van der Waals surface area contributed by atoms with Crippen LogP contribution in [-0.4, -0.2) is 0 Å². The number of benzene rings is 1. The molecule has 0 heteroatoms. The highest BCUT2D eigenvalue weighted by Crippen LogP contribution is 2.44. The summed E-state index contributed by atoms with van der Waals surface area (Å²) in [7, 11) is 0. The summed E-state index contributed by atoms with van der Waals surface area (Å²) < 4.78 is 0. The van der Waals surface area contributed by atoms with E-state index < -0.39 is 0 Å². The van der Waals surface area contributed by atoms with Crippen LogP contribution in [0.5, 0.6) is 0 Å². The molecule has 0 spiro atoms. The van der Waals surface area contributed by atoms with E-state index in [-0.39, 0.29) is 0 Å². The summed E-state index contributed by atoms with van der Waals surface area (Å²) >= 11 is 0. The SMILES string of the molecule is CCc1c(C2CCCCC2)cc(C2CCCCC2)cc1C1CCCCC1. The van der Waals surface area contributed by atoms with Gasteiger partial charge in [-0.3, -0.25) is 0 Å². The smallest absolute Gasteiger partial charge is 0.0159 e. The maximum absolute atomic E-state index is 2.72. The lowest BCUT2D eigenvalue weighted by atomic mass is 9.73. The van der Waals surface area contributed by atoms with Gasteiger partial charge in [-0.15, -0.1) is 0 Å². The number of hydrogen-bond acceptors (Lipinski definition) is 0. The van der Waals surface area contributed by atoms with E-state index in [0.29, 0.717) is 0 Å². The molecule has 26 heavy (non-hydrogen) atoms. The minimum atomic E-state index is 0.860. The Bertz CT molecular complexity index is 527. The Hall–Kier alpha value is -0.780. The first kappa shape index (κ1) is 18.6. The number of hydrogen-bond donors (Lipinski definition) is 0. The fourth-order valence-corrected chi connectivity index (χ4v) is 6.38. The maximum atomic E-state index is 2.72. The second-order valence-corrected chi connectivity index (χ2v) is 9.54. The summed E-state index contributed by atoms with van der Waals surface area (Å²) in [5.41, 5.74) is 7.12. The van der Waals surface area contributed by atoms with E-state index in [1.165, 1.54) is 103 Å². The molecule has 3 saturated carbocycles. The van der Waals surface area contributed by atoms with E-state index in [9.17, 15) is 0 Å². The van der Waals surface area contributed by atoms with Crippen LogP contribution in [-0.2, 0) is 6.42 Å². The van der Waals surface area contributed by atoms with Crippen molar-refractivity contribution < 1.29 is 0 Å². The van der Waals surface area contributed by atoms with Crippen molar-refractivity contribution in [3.63, 3.8) is 0 Å². The van der Waals surface area contributed by atoms with E-state index in [2.05, 4.69) is 19.1 Å². The molecule has 0 atom stereocenters. The van der Waals surface area contributed by atoms with Gasteiger partial charge in [0.1, 0.15) is 0 Å². The second-order valence-electron chi connectivity index (χ2n) is 9.54. The van der Waals surface area contributed by atoms with E-state index in [4.69, 9.17) is 0 Å². The summed E-state index contributed by atoms with van der Waals surface area (Å²) in [5.74, 6) is 2.59. The zero-order valence-electron chi connectivity index (χ0n) is 17.2. The molecule has 144 valence electrons. The molecule has 1 aromatic carbocycles. The molecule has 1 aromatic rings. The van der Waals surface area contributed by atoms with Crippen molar-refractivity contribution in [3.8, 4) is 0 Å². The average molecular weight is 353 g/mol. The lowest BCUT2D eigenvalue weighted by Crippen LogP contribution is -2.15. The zero-order valence-corrected chi connectivity index (χ0v) is 17.2. The van der Waals surface area contributed by atoms with Crippen LogP contribution in [0.2, 0.25) is 0 Å². The summed E-state index contributed by atoms with van der Waals surface area (Å²) in [6.07, 6.45) is 23.1. The van der Waals surface area contributed by atoms with Gasteiger partial charge in [0.25, 0.3) is 0 Å². The van der Waals surface area contributed by atoms with Gasteiger partial charge in [-0.25, -0.2) is 0 Å². The summed E-state index contributed by atoms with van der Waals surface area (Å²) in [4.78, 5) is 0. The summed E-state index contributed by atoms with van der Waals surface area (Å²) in [6, 6.07) is 5.44. The Morgan fingerprint density at radius 2 is 0.962 bits per heavy atom. The molecule has 0 radical (unpaired) electrons. The Morgan fingerprint density at radius 1 is 0.577 bits per heavy atom. The van der Waals surface area contributed by atoms with Gasteiger partial charge in [0.05, 0.1) is 0 Å². The molecule has 4 rings (SSSR count). The molecule has 0 aromatic heterocycles. The molecular formula is C26H40. The fraction of sp³-hybridized carbons (Fsp3) is 0.769. The third-order valence-corrected chi connectivity index (χ3v) is 7.86. The number of rotatable bonds is 4. The molecule has 0 heterocycles. The quantitative estimate of drug-likeness (QED) is 0.510. The van der Waals surface area contributed by atoms with Crippen molar-refractivity contribution in [2.45, 2.75) is 127 Å². The van der Waals surface area contributed by atoms with Crippen molar-refractivity contribution in [2.24, 2.45) is 0 Å². The van der Waals surface area contributed by atoms with Crippen molar-refractivity contribution >= 4 is 0 Å². The van der Waals surface area contributed by atoms with E-state index in [1.54, 1.807) is 22.3 Å². The fourth-order valence-electron chi connectivity index (χ4n) is 6.38. The normalized spacial score (nSPS) is 24.0. The van der Waals surface area contributed by atoms with Crippen LogP contribution in [0.1, 0.15) is 143 Å². The van der Waals surface area contributed by atoms with E-state index >= 15 is 0 Å². The molecule has 0 saturated heterocycles. The molecule has 0 amide bonds. The van der Waals surface area contributed by atoms with E-state index in [0.717, 1.165) is 17.8 Å². The first-order valence-corrected chi connectivity index (χ1v) is 12.0. The van der Waals surface area contributed by atoms with Crippen LogP contribution >= 0.6 is 0 Å². The van der Waals surface area contributed by atoms with Crippen molar-refractivity contribution in [2.75, 3.05) is 0 Å². The van der Waals surface area contributed by atoms with Gasteiger partial charge in [0.2, 0.25) is 0 Å². The predicted molar refractivity (Wildman–Crippen MR) is 113 cm³/mol.